The van der Waals surface area contributed by atoms with Crippen LogP contribution in [-0.2, 0) is 17.9 Å². The van der Waals surface area contributed by atoms with Crippen molar-refractivity contribution < 1.29 is 18.0 Å². The van der Waals surface area contributed by atoms with Crippen LogP contribution in [0.15, 0.2) is 72.4 Å². The Morgan fingerprint density at radius 3 is 2.19 bits per heavy atom. The van der Waals surface area contributed by atoms with Gasteiger partial charge in [0.2, 0.25) is 0 Å². The zero-order valence-corrected chi connectivity index (χ0v) is 14.7. The van der Waals surface area contributed by atoms with Crippen LogP contribution >= 0.6 is 0 Å². The Morgan fingerprint density at radius 1 is 1.00 bits per heavy atom. The van der Waals surface area contributed by atoms with Crippen LogP contribution in [0.25, 0.3) is 0 Å². The Balaban J connectivity index is 1.77. The molecule has 1 heterocycles. The third kappa shape index (κ3) is 5.20. The van der Waals surface area contributed by atoms with Gasteiger partial charge in [-0.25, -0.2) is 0 Å². The van der Waals surface area contributed by atoms with E-state index in [2.05, 4.69) is 5.32 Å². The quantitative estimate of drug-likeness (QED) is 0.813. The average molecular weight is 374 g/mol. The number of hydrogen-bond acceptors (Lipinski definition) is 3. The van der Waals surface area contributed by atoms with Gasteiger partial charge in [-0.2, -0.15) is 13.2 Å². The van der Waals surface area contributed by atoms with Gasteiger partial charge in [0.25, 0.3) is 5.78 Å². The van der Waals surface area contributed by atoms with Crippen LogP contribution in [0.5, 0.6) is 0 Å². The van der Waals surface area contributed by atoms with Gasteiger partial charge in [0, 0.05) is 24.9 Å². The van der Waals surface area contributed by atoms with Gasteiger partial charge in [0.1, 0.15) is 0 Å². The number of alkyl halides is 3. The molecule has 1 aliphatic heterocycles. The monoisotopic (exact) mass is 374 g/mol. The molecule has 6 heteroatoms. The van der Waals surface area contributed by atoms with Gasteiger partial charge in [-0.3, -0.25) is 10.1 Å². The number of ketones is 1. The summed E-state index contributed by atoms with van der Waals surface area (Å²) in [5.41, 5.74) is 1.88. The van der Waals surface area contributed by atoms with E-state index in [-0.39, 0.29) is 18.2 Å². The second-order valence-electron chi connectivity index (χ2n) is 6.56. The van der Waals surface area contributed by atoms with Crippen molar-refractivity contribution in [3.8, 4) is 0 Å². The highest BCUT2D eigenvalue weighted by atomic mass is 19.4. The lowest BCUT2D eigenvalue weighted by Crippen LogP contribution is -2.45. The molecule has 0 fully saturated rings. The third-order valence-electron chi connectivity index (χ3n) is 4.55. The lowest BCUT2D eigenvalue weighted by molar-refractivity contribution is -0.167. The molecule has 27 heavy (non-hydrogen) atoms. The van der Waals surface area contributed by atoms with Gasteiger partial charge in [-0.15, -0.1) is 0 Å². The molecule has 0 aliphatic carbocycles. The number of carbonyl (C=O) groups excluding carboxylic acids is 1. The largest absolute Gasteiger partial charge is 0.454 e. The molecular weight excluding hydrogens is 353 g/mol. The van der Waals surface area contributed by atoms with Crippen LogP contribution in [0.3, 0.4) is 0 Å². The minimum absolute atomic E-state index is 0.107. The zero-order chi connectivity index (χ0) is 19.3. The van der Waals surface area contributed by atoms with Crippen LogP contribution < -0.4 is 5.32 Å². The maximum Gasteiger partial charge on any atom is 0.454 e. The van der Waals surface area contributed by atoms with E-state index in [9.17, 15) is 18.0 Å². The van der Waals surface area contributed by atoms with Gasteiger partial charge in [-0.1, -0.05) is 60.7 Å². The molecule has 142 valence electrons. The summed E-state index contributed by atoms with van der Waals surface area (Å²) >= 11 is 0. The molecule has 1 atom stereocenters. The van der Waals surface area contributed by atoms with Crippen molar-refractivity contribution in [2.75, 3.05) is 0 Å². The first-order chi connectivity index (χ1) is 12.9. The highest BCUT2D eigenvalue weighted by Gasteiger charge is 2.41. The normalized spacial score (nSPS) is 17.5. The molecular formula is C21H21F3N2O. The number of rotatable bonds is 6. The van der Waals surface area contributed by atoms with Gasteiger partial charge >= 0.3 is 6.18 Å². The summed E-state index contributed by atoms with van der Waals surface area (Å²) in [6, 6.07) is 19.3. The van der Waals surface area contributed by atoms with E-state index in [0.717, 1.165) is 11.1 Å². The van der Waals surface area contributed by atoms with E-state index in [4.69, 9.17) is 0 Å². The standard InChI is InChI=1S/C21H21F3N2O/c22-21(23,24)20(27)18-11-12-19(25-13-16-7-3-1-4-8-16)26(15-18)14-17-9-5-2-6-10-17/h1-10,15,19,25H,11-14H2. The molecule has 0 aromatic heterocycles. The molecule has 0 amide bonds. The SMILES string of the molecule is O=C(C1=CN(Cc2ccccc2)C(NCc2ccccc2)CC1)C(F)(F)F. The first-order valence-corrected chi connectivity index (χ1v) is 8.82. The van der Waals surface area contributed by atoms with Crippen molar-refractivity contribution in [1.82, 2.24) is 10.2 Å². The molecule has 3 rings (SSSR count). The molecule has 0 spiro atoms. The number of nitrogens with zero attached hydrogens (tertiary/aromatic N) is 1. The minimum atomic E-state index is -4.84. The molecule has 0 radical (unpaired) electrons. The fourth-order valence-electron chi connectivity index (χ4n) is 3.17. The molecule has 1 N–H and O–H groups in total. The van der Waals surface area contributed by atoms with Crippen molar-refractivity contribution in [3.63, 3.8) is 0 Å². The number of nitrogens with one attached hydrogen (secondary N) is 1. The van der Waals surface area contributed by atoms with Gasteiger partial charge in [-0.05, 0) is 24.0 Å². The molecule has 0 saturated heterocycles. The third-order valence-corrected chi connectivity index (χ3v) is 4.55. The lowest BCUT2D eigenvalue weighted by atomic mass is 10.00. The van der Waals surface area contributed by atoms with E-state index in [0.29, 0.717) is 19.5 Å². The summed E-state index contributed by atoms with van der Waals surface area (Å²) < 4.78 is 38.5. The second kappa shape index (κ2) is 8.39. The Labute approximate surface area is 156 Å². The van der Waals surface area contributed by atoms with Crippen molar-refractivity contribution in [2.45, 2.75) is 38.3 Å². The van der Waals surface area contributed by atoms with E-state index < -0.39 is 12.0 Å². The molecule has 0 saturated carbocycles. The molecule has 3 nitrogen and oxygen atoms in total. The Hall–Kier alpha value is -2.60. The van der Waals surface area contributed by atoms with Crippen molar-refractivity contribution in [1.29, 1.82) is 0 Å². The molecule has 1 aliphatic rings. The Bertz CT molecular complexity index is 788. The van der Waals surface area contributed by atoms with Crippen LogP contribution in [-0.4, -0.2) is 23.0 Å². The number of benzene rings is 2. The fraction of sp³-hybridized carbons (Fsp3) is 0.286. The Kier molecular flexibility index (Phi) is 5.96. The maximum absolute atomic E-state index is 12.8. The highest BCUT2D eigenvalue weighted by molar-refractivity contribution is 5.99. The lowest BCUT2D eigenvalue weighted by Gasteiger charge is -2.36. The van der Waals surface area contributed by atoms with E-state index >= 15 is 0 Å². The predicted octanol–water partition coefficient (Wildman–Crippen LogP) is 4.41. The summed E-state index contributed by atoms with van der Waals surface area (Å²) in [5.74, 6) is -1.75. The zero-order valence-electron chi connectivity index (χ0n) is 14.7. The van der Waals surface area contributed by atoms with E-state index in [1.165, 1.54) is 6.20 Å². The first kappa shape index (κ1) is 19.2. The van der Waals surface area contributed by atoms with Crippen molar-refractivity contribution in [2.24, 2.45) is 0 Å². The summed E-state index contributed by atoms with van der Waals surface area (Å²) in [4.78, 5) is 13.5. The van der Waals surface area contributed by atoms with Gasteiger partial charge in [0.05, 0.1) is 6.17 Å². The van der Waals surface area contributed by atoms with Crippen LogP contribution in [0.1, 0.15) is 24.0 Å². The predicted molar refractivity (Wildman–Crippen MR) is 97.4 cm³/mol. The maximum atomic E-state index is 12.8. The minimum Gasteiger partial charge on any atom is -0.357 e. The Morgan fingerprint density at radius 2 is 1.59 bits per heavy atom. The first-order valence-electron chi connectivity index (χ1n) is 8.82. The summed E-state index contributed by atoms with van der Waals surface area (Å²) in [6.45, 7) is 1.04. The number of allylic oxidation sites excluding steroid dienone is 1. The number of halogens is 3. The molecule has 0 bridgehead atoms. The topological polar surface area (TPSA) is 32.3 Å². The highest BCUT2D eigenvalue weighted by Crippen LogP contribution is 2.28. The fourth-order valence-corrected chi connectivity index (χ4v) is 3.17. The van der Waals surface area contributed by atoms with Crippen molar-refractivity contribution >= 4 is 5.78 Å². The molecule has 2 aromatic carbocycles. The van der Waals surface area contributed by atoms with E-state index in [1.54, 1.807) is 4.90 Å². The molecule has 1 unspecified atom stereocenters. The number of hydrogen-bond donors (Lipinski definition) is 1. The van der Waals surface area contributed by atoms with Crippen LogP contribution in [0.4, 0.5) is 13.2 Å². The second-order valence-corrected chi connectivity index (χ2v) is 6.56. The van der Waals surface area contributed by atoms with Crippen molar-refractivity contribution in [3.05, 3.63) is 83.6 Å². The van der Waals surface area contributed by atoms with Gasteiger partial charge < -0.3 is 4.90 Å². The smallest absolute Gasteiger partial charge is 0.357 e. The van der Waals surface area contributed by atoms with Gasteiger partial charge in [0.15, 0.2) is 0 Å². The van der Waals surface area contributed by atoms with Crippen LogP contribution in [0.2, 0.25) is 0 Å². The van der Waals surface area contributed by atoms with Crippen LogP contribution in [0, 0.1) is 0 Å². The number of carbonyl (C=O) groups is 1. The summed E-state index contributed by atoms with van der Waals surface area (Å²) in [5, 5.41) is 3.40. The number of Topliss-reactive ketones (excluding diaryl/α,β-unsaturated/α-hetero) is 1. The summed E-state index contributed by atoms with van der Waals surface area (Å²) in [7, 11) is 0. The summed E-state index contributed by atoms with van der Waals surface area (Å²) in [6.07, 6.45) is -3.07. The average Bonchev–Trinajstić information content (AvgIpc) is 2.67. The molecule has 2 aromatic rings. The van der Waals surface area contributed by atoms with E-state index in [1.807, 2.05) is 60.7 Å².